The summed E-state index contributed by atoms with van der Waals surface area (Å²) in [7, 11) is 0. The number of benzene rings is 1. The van der Waals surface area contributed by atoms with E-state index in [1.165, 1.54) is 50.5 Å². The van der Waals surface area contributed by atoms with E-state index in [0.29, 0.717) is 10.8 Å². The summed E-state index contributed by atoms with van der Waals surface area (Å²) in [5, 5.41) is 0. The molecule has 1 atom stereocenters. The molecule has 0 saturated carbocycles. The molecule has 22 heavy (non-hydrogen) atoms. The van der Waals surface area contributed by atoms with Crippen molar-refractivity contribution in [3.63, 3.8) is 0 Å². The predicted octanol–water partition coefficient (Wildman–Crippen LogP) is 7.59. The molecule has 0 heteroatoms. The number of hydrogen-bond acceptors (Lipinski definition) is 0. The summed E-state index contributed by atoms with van der Waals surface area (Å²) >= 11 is 0. The highest BCUT2D eigenvalue weighted by Crippen LogP contribution is 2.37. The molecular formula is C22H38. The van der Waals surface area contributed by atoms with Gasteiger partial charge in [-0.05, 0) is 48.0 Å². The molecule has 0 saturated heterocycles. The largest absolute Gasteiger partial charge is 0.0648 e. The minimum absolute atomic E-state index is 0.449. The summed E-state index contributed by atoms with van der Waals surface area (Å²) in [4.78, 5) is 0. The van der Waals surface area contributed by atoms with Crippen LogP contribution in [0.5, 0.6) is 0 Å². The van der Waals surface area contributed by atoms with E-state index < -0.39 is 0 Å². The van der Waals surface area contributed by atoms with Gasteiger partial charge in [-0.15, -0.1) is 0 Å². The highest BCUT2D eigenvalue weighted by Gasteiger charge is 2.24. The van der Waals surface area contributed by atoms with Crippen molar-refractivity contribution in [3.05, 3.63) is 35.9 Å². The molecule has 1 aromatic carbocycles. The van der Waals surface area contributed by atoms with Crippen molar-refractivity contribution in [1.29, 1.82) is 0 Å². The van der Waals surface area contributed by atoms with Crippen LogP contribution in [0.4, 0.5) is 0 Å². The van der Waals surface area contributed by atoms with Gasteiger partial charge in [0, 0.05) is 0 Å². The molecule has 1 rings (SSSR count). The minimum Gasteiger partial charge on any atom is -0.0648 e. The van der Waals surface area contributed by atoms with Gasteiger partial charge in [-0.3, -0.25) is 0 Å². The maximum atomic E-state index is 2.44. The zero-order chi connectivity index (χ0) is 16.6. The van der Waals surface area contributed by atoms with Crippen LogP contribution in [0.3, 0.4) is 0 Å². The molecule has 0 spiro atoms. The average Bonchev–Trinajstić information content (AvgIpc) is 2.41. The molecule has 0 N–H and O–H groups in total. The van der Waals surface area contributed by atoms with E-state index in [4.69, 9.17) is 0 Å². The fraction of sp³-hybridized carbons (Fsp3) is 0.727. The summed E-state index contributed by atoms with van der Waals surface area (Å²) in [6.45, 7) is 14.3. The topological polar surface area (TPSA) is 0 Å². The summed E-state index contributed by atoms with van der Waals surface area (Å²) in [6, 6.07) is 11.1. The Morgan fingerprint density at radius 1 is 0.864 bits per heavy atom. The van der Waals surface area contributed by atoms with Crippen molar-refractivity contribution < 1.29 is 0 Å². The summed E-state index contributed by atoms with van der Waals surface area (Å²) < 4.78 is 0. The van der Waals surface area contributed by atoms with Gasteiger partial charge in [-0.2, -0.15) is 0 Å². The lowest BCUT2D eigenvalue weighted by molar-refractivity contribution is 0.193. The van der Waals surface area contributed by atoms with Gasteiger partial charge in [0.1, 0.15) is 0 Å². The standard InChI is InChI=1S/C22H38/c1-7-19(20-15-10-8-11-16-20)14-12-9-13-17-22(5,6)18-21(2,3)4/h8,10-11,15-16,19H,7,9,12-14,17-18H2,1-6H3. The Hall–Kier alpha value is -0.780. The van der Waals surface area contributed by atoms with Crippen LogP contribution in [0.15, 0.2) is 30.3 Å². The third-order valence-electron chi connectivity index (χ3n) is 4.68. The Balaban J connectivity index is 2.27. The van der Waals surface area contributed by atoms with Gasteiger partial charge in [0.15, 0.2) is 0 Å². The third-order valence-corrected chi connectivity index (χ3v) is 4.68. The molecule has 0 bridgehead atoms. The van der Waals surface area contributed by atoms with Crippen molar-refractivity contribution in [1.82, 2.24) is 0 Å². The molecular weight excluding hydrogens is 264 g/mol. The van der Waals surface area contributed by atoms with Crippen LogP contribution in [-0.2, 0) is 0 Å². The zero-order valence-electron chi connectivity index (χ0n) is 15.9. The van der Waals surface area contributed by atoms with E-state index in [1.54, 1.807) is 0 Å². The molecule has 0 aliphatic carbocycles. The van der Waals surface area contributed by atoms with Crippen molar-refractivity contribution in [3.8, 4) is 0 Å². The number of rotatable bonds is 9. The molecule has 0 fully saturated rings. The average molecular weight is 303 g/mol. The molecule has 126 valence electrons. The maximum absolute atomic E-state index is 2.44. The summed E-state index contributed by atoms with van der Waals surface area (Å²) in [5.74, 6) is 0.754. The van der Waals surface area contributed by atoms with Crippen LogP contribution in [0.25, 0.3) is 0 Å². The molecule has 0 radical (unpaired) electrons. The molecule has 1 aromatic rings. The molecule has 0 aromatic heterocycles. The van der Waals surface area contributed by atoms with E-state index in [9.17, 15) is 0 Å². The van der Waals surface area contributed by atoms with Gasteiger partial charge >= 0.3 is 0 Å². The maximum Gasteiger partial charge on any atom is -0.0165 e. The first-order valence-corrected chi connectivity index (χ1v) is 9.28. The lowest BCUT2D eigenvalue weighted by Gasteiger charge is -2.32. The lowest BCUT2D eigenvalue weighted by atomic mass is 9.73. The predicted molar refractivity (Wildman–Crippen MR) is 100 cm³/mol. The SMILES string of the molecule is CCC(CCCCCC(C)(C)CC(C)(C)C)c1ccccc1. The lowest BCUT2D eigenvalue weighted by Crippen LogP contribution is -2.20. The van der Waals surface area contributed by atoms with E-state index in [1.807, 2.05) is 0 Å². The fourth-order valence-electron chi connectivity index (χ4n) is 4.03. The first-order valence-electron chi connectivity index (χ1n) is 9.28. The first-order chi connectivity index (χ1) is 10.2. The van der Waals surface area contributed by atoms with Gasteiger partial charge in [-0.1, -0.05) is 91.1 Å². The second-order valence-corrected chi connectivity index (χ2v) is 9.02. The second-order valence-electron chi connectivity index (χ2n) is 9.02. The van der Waals surface area contributed by atoms with Crippen LogP contribution in [0.1, 0.15) is 98.0 Å². The summed E-state index contributed by atoms with van der Waals surface area (Å²) in [5.41, 5.74) is 2.46. The molecule has 1 unspecified atom stereocenters. The van der Waals surface area contributed by atoms with Crippen molar-refractivity contribution in [2.24, 2.45) is 10.8 Å². The minimum atomic E-state index is 0.449. The molecule has 0 nitrogen and oxygen atoms in total. The van der Waals surface area contributed by atoms with Gasteiger partial charge in [0.05, 0.1) is 0 Å². The Morgan fingerprint density at radius 2 is 1.50 bits per heavy atom. The zero-order valence-corrected chi connectivity index (χ0v) is 15.9. The summed E-state index contributed by atoms with van der Waals surface area (Å²) in [6.07, 6.45) is 9.44. The quantitative estimate of drug-likeness (QED) is 0.412. The van der Waals surface area contributed by atoms with Gasteiger partial charge in [0.25, 0.3) is 0 Å². The van der Waals surface area contributed by atoms with E-state index in [0.717, 1.165) is 5.92 Å². The van der Waals surface area contributed by atoms with Crippen molar-refractivity contribution in [2.75, 3.05) is 0 Å². The van der Waals surface area contributed by atoms with Gasteiger partial charge < -0.3 is 0 Å². The number of unbranched alkanes of at least 4 members (excludes halogenated alkanes) is 2. The van der Waals surface area contributed by atoms with Crippen LogP contribution in [-0.4, -0.2) is 0 Å². The monoisotopic (exact) mass is 302 g/mol. The van der Waals surface area contributed by atoms with Crippen molar-refractivity contribution >= 4 is 0 Å². The Morgan fingerprint density at radius 3 is 2.05 bits per heavy atom. The smallest absolute Gasteiger partial charge is 0.0165 e. The third kappa shape index (κ3) is 8.01. The Kier molecular flexibility index (Phi) is 7.66. The van der Waals surface area contributed by atoms with Crippen molar-refractivity contribution in [2.45, 2.75) is 92.4 Å². The van der Waals surface area contributed by atoms with E-state index in [-0.39, 0.29) is 0 Å². The van der Waals surface area contributed by atoms with Gasteiger partial charge in [0.2, 0.25) is 0 Å². The highest BCUT2D eigenvalue weighted by atomic mass is 14.3. The Labute approximate surface area is 139 Å². The molecule has 0 aliphatic rings. The molecule has 0 aliphatic heterocycles. The number of hydrogen-bond donors (Lipinski definition) is 0. The molecule has 0 heterocycles. The Bertz CT molecular complexity index is 394. The fourth-order valence-corrected chi connectivity index (χ4v) is 4.03. The van der Waals surface area contributed by atoms with E-state index in [2.05, 4.69) is 71.9 Å². The van der Waals surface area contributed by atoms with Crippen LogP contribution < -0.4 is 0 Å². The van der Waals surface area contributed by atoms with Crippen LogP contribution in [0.2, 0.25) is 0 Å². The van der Waals surface area contributed by atoms with Crippen LogP contribution in [0, 0.1) is 10.8 Å². The first kappa shape index (κ1) is 19.3. The normalized spacial score (nSPS) is 14.1. The van der Waals surface area contributed by atoms with Crippen LogP contribution >= 0.6 is 0 Å². The second kappa shape index (κ2) is 8.75. The van der Waals surface area contributed by atoms with E-state index >= 15 is 0 Å². The van der Waals surface area contributed by atoms with Gasteiger partial charge in [-0.25, -0.2) is 0 Å². The highest BCUT2D eigenvalue weighted by molar-refractivity contribution is 5.19. The molecule has 0 amide bonds.